The molecule has 0 aromatic rings. The maximum absolute atomic E-state index is 11.4. The molecule has 0 aromatic heterocycles. The number of primary amides is 4. The predicted molar refractivity (Wildman–Crippen MR) is 107 cm³/mol. The maximum atomic E-state index is 11.4. The van der Waals surface area contributed by atoms with Gasteiger partial charge >= 0.3 is 0 Å². The lowest BCUT2D eigenvalue weighted by Gasteiger charge is -2.28. The molecule has 12 heteroatoms. The molecule has 1 aliphatic rings. The zero-order chi connectivity index (χ0) is 21.8. The first-order valence-corrected chi connectivity index (χ1v) is 9.68. The van der Waals surface area contributed by atoms with Crippen LogP contribution in [-0.2, 0) is 19.2 Å². The van der Waals surface area contributed by atoms with E-state index in [-0.39, 0.29) is 26.2 Å². The fraction of sp³-hybridized carbons (Fsp3) is 0.765. The quantitative estimate of drug-likeness (QED) is 0.306. The van der Waals surface area contributed by atoms with Crippen LogP contribution in [0.3, 0.4) is 0 Å². The molecular formula is C17H34N8O4. The van der Waals surface area contributed by atoms with Gasteiger partial charge in [-0.05, 0) is 19.5 Å². The van der Waals surface area contributed by atoms with E-state index in [1.807, 2.05) is 19.6 Å². The van der Waals surface area contributed by atoms with Gasteiger partial charge in [0.2, 0.25) is 23.6 Å². The van der Waals surface area contributed by atoms with E-state index in [1.54, 1.807) is 0 Å². The second kappa shape index (κ2) is 13.0. The number of carbonyl (C=O) groups is 4. The molecule has 0 bridgehead atoms. The highest BCUT2D eigenvalue weighted by molar-refractivity contribution is 5.77. The van der Waals surface area contributed by atoms with E-state index in [2.05, 4.69) is 0 Å². The van der Waals surface area contributed by atoms with Crippen molar-refractivity contribution in [3.8, 4) is 0 Å². The third-order valence-corrected chi connectivity index (χ3v) is 4.66. The zero-order valence-corrected chi connectivity index (χ0v) is 16.9. The first kappa shape index (κ1) is 24.8. The molecule has 0 unspecified atom stereocenters. The predicted octanol–water partition coefficient (Wildman–Crippen LogP) is -4.46. The zero-order valence-electron chi connectivity index (χ0n) is 16.9. The Morgan fingerprint density at radius 2 is 0.655 bits per heavy atom. The Balaban J connectivity index is 2.92. The Bertz CT molecular complexity index is 526. The molecule has 0 spiro atoms. The Morgan fingerprint density at radius 3 is 0.862 bits per heavy atom. The van der Waals surface area contributed by atoms with Crippen LogP contribution in [-0.4, -0.2) is 122 Å². The highest BCUT2D eigenvalue weighted by Crippen LogP contribution is 2.02. The van der Waals surface area contributed by atoms with Gasteiger partial charge in [0.1, 0.15) is 0 Å². The number of rotatable bonds is 8. The molecular weight excluding hydrogens is 380 g/mol. The SMILES string of the molecule is NC(=O)CN1CCCN(CC(N)=O)CCN(CC(N)=O)CCN(CC(N)=O)CC1. The summed E-state index contributed by atoms with van der Waals surface area (Å²) in [5, 5.41) is 0. The highest BCUT2D eigenvalue weighted by Gasteiger charge is 2.18. The van der Waals surface area contributed by atoms with Crippen molar-refractivity contribution in [1.29, 1.82) is 0 Å². The van der Waals surface area contributed by atoms with Gasteiger partial charge < -0.3 is 22.9 Å². The number of hydrogen-bond acceptors (Lipinski definition) is 8. The monoisotopic (exact) mass is 414 g/mol. The van der Waals surface area contributed by atoms with Gasteiger partial charge in [0.15, 0.2) is 0 Å². The number of nitrogens with two attached hydrogens (primary N) is 4. The minimum Gasteiger partial charge on any atom is -0.369 e. The number of hydrogen-bond donors (Lipinski definition) is 4. The molecule has 1 rings (SSSR count). The number of amides is 4. The first-order valence-electron chi connectivity index (χ1n) is 9.68. The molecule has 1 heterocycles. The molecule has 12 nitrogen and oxygen atoms in total. The Morgan fingerprint density at radius 1 is 0.448 bits per heavy atom. The lowest BCUT2D eigenvalue weighted by molar-refractivity contribution is -0.121. The molecule has 0 saturated carbocycles. The summed E-state index contributed by atoms with van der Waals surface area (Å²) in [5.74, 6) is -1.77. The van der Waals surface area contributed by atoms with Crippen LogP contribution in [0.15, 0.2) is 0 Å². The van der Waals surface area contributed by atoms with E-state index < -0.39 is 23.6 Å². The van der Waals surface area contributed by atoms with Crippen LogP contribution in [0.1, 0.15) is 6.42 Å². The smallest absolute Gasteiger partial charge is 0.231 e. The van der Waals surface area contributed by atoms with Crippen LogP contribution in [0.2, 0.25) is 0 Å². The summed E-state index contributed by atoms with van der Waals surface area (Å²) in [7, 11) is 0. The van der Waals surface area contributed by atoms with Crippen molar-refractivity contribution in [1.82, 2.24) is 19.6 Å². The first-order chi connectivity index (χ1) is 13.7. The Kier molecular flexibility index (Phi) is 11.1. The average molecular weight is 415 g/mol. The molecule has 1 fully saturated rings. The van der Waals surface area contributed by atoms with Crippen LogP contribution >= 0.6 is 0 Å². The fourth-order valence-corrected chi connectivity index (χ4v) is 3.33. The van der Waals surface area contributed by atoms with E-state index in [4.69, 9.17) is 22.9 Å². The standard InChI is InChI=1S/C17H34N8O4/c18-14(26)10-22-2-1-3-23(11-15(19)27)5-7-25(13-17(21)29)9-8-24(6-4-22)12-16(20)28/h1-13H2,(H2,18,26)(H2,19,27)(H2,20,28)(H2,21,29). The van der Waals surface area contributed by atoms with Gasteiger partial charge in [0.25, 0.3) is 0 Å². The third kappa shape index (κ3) is 12.0. The van der Waals surface area contributed by atoms with Gasteiger partial charge in [-0.1, -0.05) is 0 Å². The lowest BCUT2D eigenvalue weighted by atomic mass is 10.3. The molecule has 0 radical (unpaired) electrons. The summed E-state index contributed by atoms with van der Waals surface area (Å²) < 4.78 is 0. The molecule has 29 heavy (non-hydrogen) atoms. The second-order valence-corrected chi connectivity index (χ2v) is 7.32. The summed E-state index contributed by atoms with van der Waals surface area (Å²) in [4.78, 5) is 53.2. The largest absolute Gasteiger partial charge is 0.369 e. The van der Waals surface area contributed by atoms with E-state index >= 15 is 0 Å². The minimum atomic E-state index is -0.454. The van der Waals surface area contributed by atoms with Crippen molar-refractivity contribution >= 4 is 23.6 Å². The normalized spacial score (nSPS) is 19.6. The van der Waals surface area contributed by atoms with Gasteiger partial charge in [0.05, 0.1) is 26.2 Å². The molecule has 1 aliphatic heterocycles. The molecule has 166 valence electrons. The van der Waals surface area contributed by atoms with Gasteiger partial charge in [-0.15, -0.1) is 0 Å². The molecule has 1 saturated heterocycles. The maximum Gasteiger partial charge on any atom is 0.231 e. The summed E-state index contributed by atoms with van der Waals surface area (Å²) in [5.41, 5.74) is 21.4. The highest BCUT2D eigenvalue weighted by atomic mass is 16.2. The molecule has 8 N–H and O–H groups in total. The van der Waals surface area contributed by atoms with Crippen molar-refractivity contribution in [2.45, 2.75) is 6.42 Å². The Hall–Kier alpha value is -2.28. The van der Waals surface area contributed by atoms with Gasteiger partial charge in [-0.2, -0.15) is 0 Å². The van der Waals surface area contributed by atoms with Crippen LogP contribution in [0.5, 0.6) is 0 Å². The molecule has 0 atom stereocenters. The number of carbonyl (C=O) groups excluding carboxylic acids is 4. The van der Waals surface area contributed by atoms with Crippen LogP contribution in [0.25, 0.3) is 0 Å². The van der Waals surface area contributed by atoms with Crippen molar-refractivity contribution in [2.75, 3.05) is 78.5 Å². The fourth-order valence-electron chi connectivity index (χ4n) is 3.33. The van der Waals surface area contributed by atoms with E-state index in [0.717, 1.165) is 0 Å². The van der Waals surface area contributed by atoms with Crippen molar-refractivity contribution in [2.24, 2.45) is 22.9 Å². The van der Waals surface area contributed by atoms with E-state index in [0.29, 0.717) is 58.8 Å². The average Bonchev–Trinajstić information content (AvgIpc) is 2.59. The van der Waals surface area contributed by atoms with Gasteiger partial charge in [0, 0.05) is 39.3 Å². The van der Waals surface area contributed by atoms with Crippen LogP contribution in [0, 0.1) is 0 Å². The molecule has 4 amide bonds. The van der Waals surface area contributed by atoms with Crippen LogP contribution in [0.4, 0.5) is 0 Å². The van der Waals surface area contributed by atoms with Crippen molar-refractivity contribution in [3.05, 3.63) is 0 Å². The van der Waals surface area contributed by atoms with E-state index in [1.165, 1.54) is 0 Å². The van der Waals surface area contributed by atoms with Crippen LogP contribution < -0.4 is 22.9 Å². The Labute approximate surface area is 171 Å². The summed E-state index contributed by atoms with van der Waals surface area (Å²) >= 11 is 0. The molecule has 0 aromatic carbocycles. The topological polar surface area (TPSA) is 185 Å². The summed E-state index contributed by atoms with van der Waals surface area (Å²) in [6.07, 6.45) is 0.701. The summed E-state index contributed by atoms with van der Waals surface area (Å²) in [6, 6.07) is 0. The van der Waals surface area contributed by atoms with Crippen molar-refractivity contribution < 1.29 is 19.2 Å². The number of nitrogens with zero attached hydrogens (tertiary/aromatic N) is 4. The van der Waals surface area contributed by atoms with E-state index in [9.17, 15) is 19.2 Å². The summed E-state index contributed by atoms with van der Waals surface area (Å²) in [6.45, 7) is 4.66. The van der Waals surface area contributed by atoms with Gasteiger partial charge in [-0.3, -0.25) is 38.8 Å². The third-order valence-electron chi connectivity index (χ3n) is 4.66. The second-order valence-electron chi connectivity index (χ2n) is 7.32. The lowest BCUT2D eigenvalue weighted by Crippen LogP contribution is -2.46. The minimum absolute atomic E-state index is 0.0720. The van der Waals surface area contributed by atoms with Gasteiger partial charge in [-0.25, -0.2) is 0 Å². The van der Waals surface area contributed by atoms with Crippen molar-refractivity contribution in [3.63, 3.8) is 0 Å². The molecule has 0 aliphatic carbocycles.